The Morgan fingerprint density at radius 1 is 1.33 bits per heavy atom. The van der Waals surface area contributed by atoms with E-state index in [1.807, 2.05) is 7.05 Å². The fraction of sp³-hybridized carbons (Fsp3) is 0.538. The predicted molar refractivity (Wildman–Crippen MR) is 78.3 cm³/mol. The van der Waals surface area contributed by atoms with Gasteiger partial charge in [0, 0.05) is 7.05 Å². The Bertz CT molecular complexity index is 436. The molecule has 1 aliphatic heterocycles. The fourth-order valence-electron chi connectivity index (χ4n) is 2.13. The van der Waals surface area contributed by atoms with Gasteiger partial charge in [0.1, 0.15) is 11.7 Å². The molecule has 1 aromatic heterocycles. The van der Waals surface area contributed by atoms with Gasteiger partial charge in [0.2, 0.25) is 0 Å². The van der Waals surface area contributed by atoms with Gasteiger partial charge in [0.05, 0.1) is 18.6 Å². The third-order valence-electron chi connectivity index (χ3n) is 3.05. The topological polar surface area (TPSA) is 48.8 Å². The quantitative estimate of drug-likeness (QED) is 0.879. The second-order valence-electron chi connectivity index (χ2n) is 4.41. The molecule has 1 aromatic rings. The molecule has 0 spiro atoms. The van der Waals surface area contributed by atoms with E-state index < -0.39 is 0 Å². The predicted octanol–water partition coefficient (Wildman–Crippen LogP) is 2.24. The minimum atomic E-state index is 0.188. The maximum atomic E-state index is 4.72. The molecule has 1 aliphatic rings. The van der Waals surface area contributed by atoms with E-state index >= 15 is 0 Å². The molecule has 2 rings (SSSR count). The molecule has 18 heavy (non-hydrogen) atoms. The monoisotopic (exact) mass is 264 g/mol. The average Bonchev–Trinajstić information content (AvgIpc) is 2.88. The molecule has 0 radical (unpaired) electrons. The molecule has 1 saturated heterocycles. The zero-order valence-electron chi connectivity index (χ0n) is 11.1. The van der Waals surface area contributed by atoms with Crippen LogP contribution in [0.2, 0.25) is 0 Å². The second kappa shape index (κ2) is 6.00. The first kappa shape index (κ1) is 13.1. The Balaban J connectivity index is 2.15. The average molecular weight is 264 g/mol. The molecule has 0 aromatic carbocycles. The van der Waals surface area contributed by atoms with Crippen LogP contribution in [-0.2, 0) is 6.54 Å². The molecule has 0 bridgehead atoms. The van der Waals surface area contributed by atoms with Gasteiger partial charge < -0.3 is 10.6 Å². The lowest BCUT2D eigenvalue weighted by Gasteiger charge is -2.32. The summed E-state index contributed by atoms with van der Waals surface area (Å²) in [6, 6.07) is 2.12. The Hall–Kier alpha value is -1.36. The third-order valence-corrected chi connectivity index (χ3v) is 3.78. The van der Waals surface area contributed by atoms with Crippen molar-refractivity contribution in [1.82, 2.24) is 10.6 Å². The number of hydrogen-bond donors (Lipinski definition) is 2. The summed E-state index contributed by atoms with van der Waals surface area (Å²) in [5.74, 6) is 2.35. The first-order valence-corrected chi connectivity index (χ1v) is 7.24. The Labute approximate surface area is 112 Å². The SMILES string of the molecule is CCC1C(=NC)NC(C)NC1=NCc1ccsc1. The van der Waals surface area contributed by atoms with Gasteiger partial charge in [-0.15, -0.1) is 0 Å². The minimum absolute atomic E-state index is 0.188. The van der Waals surface area contributed by atoms with E-state index in [1.54, 1.807) is 11.3 Å². The highest BCUT2D eigenvalue weighted by molar-refractivity contribution is 7.07. The minimum Gasteiger partial charge on any atom is -0.354 e. The zero-order chi connectivity index (χ0) is 13.0. The van der Waals surface area contributed by atoms with Crippen molar-refractivity contribution >= 4 is 23.0 Å². The third kappa shape index (κ3) is 2.90. The summed E-state index contributed by atoms with van der Waals surface area (Å²) in [5.41, 5.74) is 1.27. The van der Waals surface area contributed by atoms with Crippen molar-refractivity contribution < 1.29 is 0 Å². The molecule has 2 unspecified atom stereocenters. The van der Waals surface area contributed by atoms with Gasteiger partial charge in [-0.2, -0.15) is 11.3 Å². The standard InChI is InChI=1S/C13H20N4S/c1-4-11-12(14-3)16-9(2)17-13(11)15-7-10-5-6-18-8-10/h5-6,8-9,11H,4,7H2,1-3H3,(H,14,16)(H,15,17). The molecular weight excluding hydrogens is 244 g/mol. The van der Waals surface area contributed by atoms with Crippen LogP contribution in [0.1, 0.15) is 25.8 Å². The van der Waals surface area contributed by atoms with Gasteiger partial charge in [0.15, 0.2) is 0 Å². The second-order valence-corrected chi connectivity index (χ2v) is 5.19. The number of aliphatic imine (C=N–C) groups is 2. The van der Waals surface area contributed by atoms with Crippen molar-refractivity contribution in [3.63, 3.8) is 0 Å². The summed E-state index contributed by atoms with van der Waals surface area (Å²) < 4.78 is 0. The van der Waals surface area contributed by atoms with Crippen LogP contribution in [0, 0.1) is 5.92 Å². The van der Waals surface area contributed by atoms with Crippen LogP contribution in [0.25, 0.3) is 0 Å². The smallest absolute Gasteiger partial charge is 0.109 e. The first-order chi connectivity index (χ1) is 8.74. The molecule has 0 amide bonds. The van der Waals surface area contributed by atoms with Gasteiger partial charge >= 0.3 is 0 Å². The van der Waals surface area contributed by atoms with E-state index in [0.717, 1.165) is 24.6 Å². The largest absolute Gasteiger partial charge is 0.354 e. The highest BCUT2D eigenvalue weighted by atomic mass is 32.1. The lowest BCUT2D eigenvalue weighted by Crippen LogP contribution is -2.57. The molecule has 5 heteroatoms. The normalized spacial score (nSPS) is 28.2. The van der Waals surface area contributed by atoms with E-state index in [9.17, 15) is 0 Å². The molecule has 0 saturated carbocycles. The van der Waals surface area contributed by atoms with E-state index in [-0.39, 0.29) is 12.1 Å². The molecule has 1 fully saturated rings. The van der Waals surface area contributed by atoms with Crippen LogP contribution in [0.4, 0.5) is 0 Å². The molecule has 2 N–H and O–H groups in total. The Kier molecular flexibility index (Phi) is 4.36. The van der Waals surface area contributed by atoms with Crippen LogP contribution < -0.4 is 10.6 Å². The summed E-state index contributed by atoms with van der Waals surface area (Å²) >= 11 is 1.71. The van der Waals surface area contributed by atoms with Crippen LogP contribution >= 0.6 is 11.3 Å². The fourth-order valence-corrected chi connectivity index (χ4v) is 2.79. The van der Waals surface area contributed by atoms with Gasteiger partial charge in [-0.3, -0.25) is 9.98 Å². The molecule has 4 nitrogen and oxygen atoms in total. The molecular formula is C13H20N4S. The van der Waals surface area contributed by atoms with Gasteiger partial charge in [-0.1, -0.05) is 6.92 Å². The van der Waals surface area contributed by atoms with E-state index in [1.165, 1.54) is 5.56 Å². The number of thiophene rings is 1. The summed E-state index contributed by atoms with van der Waals surface area (Å²) in [6.45, 7) is 4.98. The zero-order valence-corrected chi connectivity index (χ0v) is 11.9. The van der Waals surface area contributed by atoms with E-state index in [2.05, 4.69) is 46.3 Å². The van der Waals surface area contributed by atoms with Crippen molar-refractivity contribution in [2.24, 2.45) is 15.9 Å². The first-order valence-electron chi connectivity index (χ1n) is 6.29. The maximum Gasteiger partial charge on any atom is 0.109 e. The highest BCUT2D eigenvalue weighted by Gasteiger charge is 2.27. The van der Waals surface area contributed by atoms with E-state index in [4.69, 9.17) is 4.99 Å². The van der Waals surface area contributed by atoms with Crippen LogP contribution in [0.15, 0.2) is 26.8 Å². The van der Waals surface area contributed by atoms with Gasteiger partial charge in [-0.05, 0) is 35.7 Å². The molecule has 2 atom stereocenters. The number of nitrogens with zero attached hydrogens (tertiary/aromatic N) is 2. The van der Waals surface area contributed by atoms with Crippen LogP contribution in [0.5, 0.6) is 0 Å². The van der Waals surface area contributed by atoms with Gasteiger partial charge in [-0.25, -0.2) is 0 Å². The number of hydrogen-bond acceptors (Lipinski definition) is 3. The Morgan fingerprint density at radius 2 is 2.11 bits per heavy atom. The van der Waals surface area contributed by atoms with Crippen LogP contribution in [0.3, 0.4) is 0 Å². The summed E-state index contributed by atoms with van der Waals surface area (Å²) in [5, 5.41) is 11.0. The van der Waals surface area contributed by atoms with Crippen molar-refractivity contribution in [2.75, 3.05) is 7.05 Å². The van der Waals surface area contributed by atoms with Crippen molar-refractivity contribution in [3.05, 3.63) is 22.4 Å². The molecule has 98 valence electrons. The maximum absolute atomic E-state index is 4.72. The number of amidine groups is 2. The number of nitrogens with one attached hydrogen (secondary N) is 2. The van der Waals surface area contributed by atoms with E-state index in [0.29, 0.717) is 0 Å². The van der Waals surface area contributed by atoms with Gasteiger partial charge in [0.25, 0.3) is 0 Å². The summed E-state index contributed by atoms with van der Waals surface area (Å²) in [6.07, 6.45) is 1.19. The lowest BCUT2D eigenvalue weighted by atomic mass is 10.0. The Morgan fingerprint density at radius 3 is 2.72 bits per heavy atom. The van der Waals surface area contributed by atoms with Crippen molar-refractivity contribution in [3.8, 4) is 0 Å². The van der Waals surface area contributed by atoms with Crippen molar-refractivity contribution in [1.29, 1.82) is 0 Å². The number of rotatable bonds is 3. The molecule has 2 heterocycles. The lowest BCUT2D eigenvalue weighted by molar-refractivity contribution is 0.554. The molecule has 0 aliphatic carbocycles. The van der Waals surface area contributed by atoms with Crippen LogP contribution in [-0.4, -0.2) is 24.9 Å². The van der Waals surface area contributed by atoms with Crippen molar-refractivity contribution in [2.45, 2.75) is 33.0 Å². The summed E-state index contributed by atoms with van der Waals surface area (Å²) in [4.78, 5) is 9.05. The summed E-state index contributed by atoms with van der Waals surface area (Å²) in [7, 11) is 1.83. The highest BCUT2D eigenvalue weighted by Crippen LogP contribution is 2.13.